The van der Waals surface area contributed by atoms with Crippen molar-refractivity contribution in [3.05, 3.63) is 12.2 Å². The Morgan fingerprint density at radius 3 is 1.50 bits per heavy atom. The lowest BCUT2D eigenvalue weighted by Crippen LogP contribution is -2.15. The molecule has 0 aliphatic carbocycles. The molecule has 0 rings (SSSR count). The van der Waals surface area contributed by atoms with E-state index in [0.717, 1.165) is 37.8 Å². The molecule has 4 heteroatoms. The van der Waals surface area contributed by atoms with Gasteiger partial charge in [0, 0.05) is 12.2 Å². The lowest BCUT2D eigenvalue weighted by atomic mass is 10.2. The van der Waals surface area contributed by atoms with Crippen LogP contribution in [0.4, 0.5) is 0 Å². The van der Waals surface area contributed by atoms with Gasteiger partial charge in [-0.05, 0) is 26.7 Å². The molecule has 0 bridgehead atoms. The summed E-state index contributed by atoms with van der Waals surface area (Å²) in [6.45, 7) is 7.70. The number of hydrogen-bond acceptors (Lipinski definition) is 4. The average molecular weight is 256 g/mol. The van der Waals surface area contributed by atoms with Crippen molar-refractivity contribution >= 4 is 11.9 Å². The fraction of sp³-hybridized carbons (Fsp3) is 0.714. The van der Waals surface area contributed by atoms with Gasteiger partial charge in [0.15, 0.2) is 0 Å². The molecule has 0 radical (unpaired) electrons. The monoisotopic (exact) mass is 256 g/mol. The molecule has 18 heavy (non-hydrogen) atoms. The van der Waals surface area contributed by atoms with Crippen LogP contribution >= 0.6 is 0 Å². The predicted octanol–water partition coefficient (Wildman–Crippen LogP) is 3.01. The van der Waals surface area contributed by atoms with E-state index in [4.69, 9.17) is 9.47 Å². The molecule has 2 atom stereocenters. The zero-order valence-corrected chi connectivity index (χ0v) is 11.8. The first-order valence-electron chi connectivity index (χ1n) is 6.58. The Labute approximate surface area is 109 Å². The van der Waals surface area contributed by atoms with E-state index >= 15 is 0 Å². The second kappa shape index (κ2) is 9.68. The maximum atomic E-state index is 11.3. The van der Waals surface area contributed by atoms with Crippen molar-refractivity contribution in [2.24, 2.45) is 0 Å². The number of carbonyl (C=O) groups excluding carboxylic acids is 2. The summed E-state index contributed by atoms with van der Waals surface area (Å²) in [5.74, 6) is -1.01. The molecule has 0 spiro atoms. The van der Waals surface area contributed by atoms with Gasteiger partial charge in [0.25, 0.3) is 0 Å². The summed E-state index contributed by atoms with van der Waals surface area (Å²) in [7, 11) is 0. The highest BCUT2D eigenvalue weighted by atomic mass is 16.5. The molecule has 0 aromatic rings. The minimum Gasteiger partial charge on any atom is -0.460 e. The third-order valence-corrected chi connectivity index (χ3v) is 2.38. The molecule has 0 saturated heterocycles. The van der Waals surface area contributed by atoms with E-state index in [-0.39, 0.29) is 12.2 Å². The maximum absolute atomic E-state index is 11.3. The highest BCUT2D eigenvalue weighted by Crippen LogP contribution is 2.03. The van der Waals surface area contributed by atoms with Gasteiger partial charge in [-0.2, -0.15) is 0 Å². The Hall–Kier alpha value is -1.32. The Morgan fingerprint density at radius 1 is 0.889 bits per heavy atom. The van der Waals surface area contributed by atoms with E-state index in [1.807, 2.05) is 27.7 Å². The van der Waals surface area contributed by atoms with Crippen LogP contribution in [0.15, 0.2) is 12.2 Å². The van der Waals surface area contributed by atoms with Gasteiger partial charge < -0.3 is 9.47 Å². The van der Waals surface area contributed by atoms with Gasteiger partial charge in [-0.3, -0.25) is 0 Å². The van der Waals surface area contributed by atoms with Crippen molar-refractivity contribution in [3.63, 3.8) is 0 Å². The van der Waals surface area contributed by atoms with Gasteiger partial charge in [-0.1, -0.05) is 26.7 Å². The lowest BCUT2D eigenvalue weighted by Gasteiger charge is -2.11. The number of esters is 2. The van der Waals surface area contributed by atoms with E-state index in [0.29, 0.717) is 0 Å². The van der Waals surface area contributed by atoms with Crippen LogP contribution in [0.3, 0.4) is 0 Å². The van der Waals surface area contributed by atoms with Crippen LogP contribution in [0, 0.1) is 0 Å². The number of carbonyl (C=O) groups is 2. The highest BCUT2D eigenvalue weighted by Gasteiger charge is 2.08. The molecule has 104 valence electrons. The third kappa shape index (κ3) is 8.79. The maximum Gasteiger partial charge on any atom is 0.331 e. The molecule has 0 aromatic carbocycles. The Kier molecular flexibility index (Phi) is 8.97. The lowest BCUT2D eigenvalue weighted by molar-refractivity contribution is -0.145. The predicted molar refractivity (Wildman–Crippen MR) is 70.1 cm³/mol. The van der Waals surface area contributed by atoms with Gasteiger partial charge in [0.2, 0.25) is 0 Å². The third-order valence-electron chi connectivity index (χ3n) is 2.38. The van der Waals surface area contributed by atoms with Crippen molar-refractivity contribution in [2.75, 3.05) is 0 Å². The normalized spacial score (nSPS) is 14.2. The molecule has 0 saturated carbocycles. The minimum absolute atomic E-state index is 0.123. The van der Waals surface area contributed by atoms with Gasteiger partial charge in [-0.15, -0.1) is 0 Å². The number of hydrogen-bond donors (Lipinski definition) is 0. The van der Waals surface area contributed by atoms with Crippen LogP contribution in [0.5, 0.6) is 0 Å². The molecule has 0 fully saturated rings. The van der Waals surface area contributed by atoms with Gasteiger partial charge in [0.05, 0.1) is 12.2 Å². The molecule has 0 aliphatic rings. The fourth-order valence-corrected chi connectivity index (χ4v) is 1.54. The van der Waals surface area contributed by atoms with Crippen molar-refractivity contribution in [2.45, 2.75) is 65.6 Å². The average Bonchev–Trinajstić information content (AvgIpc) is 2.27. The summed E-state index contributed by atoms with van der Waals surface area (Å²) >= 11 is 0. The van der Waals surface area contributed by atoms with E-state index in [9.17, 15) is 9.59 Å². The van der Waals surface area contributed by atoms with Crippen LogP contribution in [-0.4, -0.2) is 24.1 Å². The second-order valence-electron chi connectivity index (χ2n) is 4.41. The number of ether oxygens (including phenoxy) is 2. The van der Waals surface area contributed by atoms with Crippen molar-refractivity contribution < 1.29 is 19.1 Å². The summed E-state index contributed by atoms with van der Waals surface area (Å²) in [5, 5.41) is 0. The molecule has 0 heterocycles. The molecule has 4 nitrogen and oxygen atoms in total. The SMILES string of the molecule is CCCC(C)OC(=O)C=CC(=O)OC(C)CCC. The topological polar surface area (TPSA) is 52.6 Å². The molecule has 0 aliphatic heterocycles. The van der Waals surface area contributed by atoms with E-state index in [2.05, 4.69) is 0 Å². The Balaban J connectivity index is 3.98. The first-order valence-corrected chi connectivity index (χ1v) is 6.58. The molecular formula is C14H24O4. The standard InChI is InChI=1S/C14H24O4/c1-5-7-11(3)17-13(15)9-10-14(16)18-12(4)8-6-2/h9-12H,5-8H2,1-4H3. The summed E-state index contributed by atoms with van der Waals surface area (Å²) in [4.78, 5) is 22.7. The van der Waals surface area contributed by atoms with E-state index in [1.165, 1.54) is 0 Å². The van der Waals surface area contributed by atoms with E-state index < -0.39 is 11.9 Å². The van der Waals surface area contributed by atoms with Crippen LogP contribution in [-0.2, 0) is 19.1 Å². The Morgan fingerprint density at radius 2 is 1.22 bits per heavy atom. The molecular weight excluding hydrogens is 232 g/mol. The summed E-state index contributed by atoms with van der Waals surface area (Å²) in [6.07, 6.45) is 5.53. The smallest absolute Gasteiger partial charge is 0.331 e. The second-order valence-corrected chi connectivity index (χ2v) is 4.41. The molecule has 0 amide bonds. The first kappa shape index (κ1) is 16.7. The van der Waals surface area contributed by atoms with Crippen molar-refractivity contribution in [1.29, 1.82) is 0 Å². The fourth-order valence-electron chi connectivity index (χ4n) is 1.54. The minimum atomic E-state index is -0.504. The van der Waals surface area contributed by atoms with Gasteiger partial charge in [0.1, 0.15) is 0 Å². The van der Waals surface area contributed by atoms with Crippen molar-refractivity contribution in [3.8, 4) is 0 Å². The van der Waals surface area contributed by atoms with Crippen LogP contribution in [0.1, 0.15) is 53.4 Å². The quantitative estimate of drug-likeness (QED) is 0.495. The molecule has 2 unspecified atom stereocenters. The summed E-state index contributed by atoms with van der Waals surface area (Å²) in [5.41, 5.74) is 0. The summed E-state index contributed by atoms with van der Waals surface area (Å²) in [6, 6.07) is 0. The molecule has 0 aromatic heterocycles. The number of rotatable bonds is 8. The van der Waals surface area contributed by atoms with Gasteiger partial charge in [-0.25, -0.2) is 9.59 Å². The van der Waals surface area contributed by atoms with Gasteiger partial charge >= 0.3 is 11.9 Å². The van der Waals surface area contributed by atoms with Crippen LogP contribution in [0.25, 0.3) is 0 Å². The van der Waals surface area contributed by atoms with Crippen LogP contribution < -0.4 is 0 Å². The zero-order valence-electron chi connectivity index (χ0n) is 11.8. The van der Waals surface area contributed by atoms with E-state index in [1.54, 1.807) is 0 Å². The van der Waals surface area contributed by atoms with Crippen LogP contribution in [0.2, 0.25) is 0 Å². The van der Waals surface area contributed by atoms with Crippen molar-refractivity contribution in [1.82, 2.24) is 0 Å². The Bertz CT molecular complexity index is 256. The highest BCUT2D eigenvalue weighted by molar-refractivity contribution is 5.91. The first-order chi connectivity index (χ1) is 8.49. The molecule has 0 N–H and O–H groups in total. The largest absolute Gasteiger partial charge is 0.460 e. The summed E-state index contributed by atoms with van der Waals surface area (Å²) < 4.78 is 10.1. The zero-order chi connectivity index (χ0) is 14.0.